The SMILES string of the molecule is Cc1ccc(C[C@@H]2CCCN2Cc2nnc(C)o2)cc1. The minimum Gasteiger partial charge on any atom is -0.424 e. The lowest BCUT2D eigenvalue weighted by Crippen LogP contribution is -2.30. The van der Waals surface area contributed by atoms with Crippen LogP contribution in [0.25, 0.3) is 0 Å². The third-order valence-electron chi connectivity index (χ3n) is 4.00. The van der Waals surface area contributed by atoms with Crippen LogP contribution in [0, 0.1) is 13.8 Å². The van der Waals surface area contributed by atoms with E-state index >= 15 is 0 Å². The van der Waals surface area contributed by atoms with E-state index in [1.807, 2.05) is 6.92 Å². The van der Waals surface area contributed by atoms with Gasteiger partial charge in [0, 0.05) is 13.0 Å². The van der Waals surface area contributed by atoms with E-state index in [1.54, 1.807) is 0 Å². The van der Waals surface area contributed by atoms with Crippen LogP contribution >= 0.6 is 0 Å². The first-order valence-electron chi connectivity index (χ1n) is 7.29. The predicted molar refractivity (Wildman–Crippen MR) is 77.4 cm³/mol. The van der Waals surface area contributed by atoms with Crippen molar-refractivity contribution >= 4 is 0 Å². The van der Waals surface area contributed by atoms with E-state index in [0.29, 0.717) is 11.9 Å². The van der Waals surface area contributed by atoms with E-state index < -0.39 is 0 Å². The number of aryl methyl sites for hydroxylation is 2. The molecule has 106 valence electrons. The summed E-state index contributed by atoms with van der Waals surface area (Å²) in [7, 11) is 0. The summed E-state index contributed by atoms with van der Waals surface area (Å²) >= 11 is 0. The molecule has 1 saturated heterocycles. The first-order chi connectivity index (χ1) is 9.70. The zero-order valence-electron chi connectivity index (χ0n) is 12.2. The van der Waals surface area contributed by atoms with Crippen LogP contribution in [-0.2, 0) is 13.0 Å². The van der Waals surface area contributed by atoms with Crippen LogP contribution in [0.1, 0.15) is 35.7 Å². The topological polar surface area (TPSA) is 42.2 Å². The molecule has 20 heavy (non-hydrogen) atoms. The average Bonchev–Trinajstić information content (AvgIpc) is 3.03. The van der Waals surface area contributed by atoms with E-state index in [1.165, 1.54) is 24.0 Å². The number of rotatable bonds is 4. The molecule has 1 aromatic carbocycles. The maximum atomic E-state index is 5.50. The van der Waals surface area contributed by atoms with Gasteiger partial charge in [-0.3, -0.25) is 4.90 Å². The van der Waals surface area contributed by atoms with Crippen LogP contribution in [0.4, 0.5) is 0 Å². The highest BCUT2D eigenvalue weighted by Gasteiger charge is 2.26. The van der Waals surface area contributed by atoms with Gasteiger partial charge in [-0.1, -0.05) is 29.8 Å². The molecule has 1 atom stereocenters. The minimum atomic E-state index is 0.588. The Bertz CT molecular complexity index is 561. The van der Waals surface area contributed by atoms with Crippen molar-refractivity contribution in [2.45, 2.75) is 45.7 Å². The molecule has 0 bridgehead atoms. The standard InChI is InChI=1S/C16H21N3O/c1-12-5-7-14(8-6-12)10-15-4-3-9-19(15)11-16-18-17-13(2)20-16/h5-8,15H,3-4,9-11H2,1-2H3/t15-/m0/s1. The number of benzene rings is 1. The second kappa shape index (κ2) is 5.75. The van der Waals surface area contributed by atoms with Crippen LogP contribution in [-0.4, -0.2) is 27.7 Å². The lowest BCUT2D eigenvalue weighted by Gasteiger charge is -2.22. The van der Waals surface area contributed by atoms with Crippen LogP contribution in [0.2, 0.25) is 0 Å². The second-order valence-corrected chi connectivity index (χ2v) is 5.67. The molecule has 2 aromatic rings. The molecule has 0 amide bonds. The molecule has 0 saturated carbocycles. The molecule has 2 heterocycles. The van der Waals surface area contributed by atoms with Crippen molar-refractivity contribution in [2.75, 3.05) is 6.54 Å². The Morgan fingerprint density at radius 3 is 2.70 bits per heavy atom. The van der Waals surface area contributed by atoms with Crippen LogP contribution < -0.4 is 0 Å². The average molecular weight is 271 g/mol. The summed E-state index contributed by atoms with van der Waals surface area (Å²) in [5, 5.41) is 8.01. The predicted octanol–water partition coefficient (Wildman–Crippen LogP) is 2.89. The van der Waals surface area contributed by atoms with Gasteiger partial charge in [0.15, 0.2) is 0 Å². The van der Waals surface area contributed by atoms with Crippen molar-refractivity contribution < 1.29 is 4.42 Å². The van der Waals surface area contributed by atoms with Crippen molar-refractivity contribution in [1.29, 1.82) is 0 Å². The molecule has 0 N–H and O–H groups in total. The largest absolute Gasteiger partial charge is 0.424 e. The fraction of sp³-hybridized carbons (Fsp3) is 0.500. The van der Waals surface area contributed by atoms with Gasteiger partial charge in [-0.05, 0) is 38.3 Å². The van der Waals surface area contributed by atoms with Gasteiger partial charge in [0.1, 0.15) is 0 Å². The van der Waals surface area contributed by atoms with Crippen LogP contribution in [0.5, 0.6) is 0 Å². The summed E-state index contributed by atoms with van der Waals surface area (Å²) in [6.07, 6.45) is 3.61. The summed E-state index contributed by atoms with van der Waals surface area (Å²) in [6, 6.07) is 9.45. The van der Waals surface area contributed by atoms with Gasteiger partial charge in [-0.2, -0.15) is 0 Å². The van der Waals surface area contributed by atoms with E-state index in [-0.39, 0.29) is 0 Å². The highest BCUT2D eigenvalue weighted by Crippen LogP contribution is 2.23. The molecular weight excluding hydrogens is 250 g/mol. The maximum absolute atomic E-state index is 5.50. The third-order valence-corrected chi connectivity index (χ3v) is 4.00. The van der Waals surface area contributed by atoms with E-state index in [9.17, 15) is 0 Å². The monoisotopic (exact) mass is 271 g/mol. The van der Waals surface area contributed by atoms with Crippen molar-refractivity contribution in [2.24, 2.45) is 0 Å². The summed E-state index contributed by atoms with van der Waals surface area (Å²) in [6.45, 7) is 5.86. The highest BCUT2D eigenvalue weighted by molar-refractivity contribution is 5.22. The number of aromatic nitrogens is 2. The zero-order valence-corrected chi connectivity index (χ0v) is 12.2. The van der Waals surface area contributed by atoms with Crippen LogP contribution in [0.3, 0.4) is 0 Å². The lowest BCUT2D eigenvalue weighted by atomic mass is 10.0. The lowest BCUT2D eigenvalue weighted by molar-refractivity contribution is 0.219. The fourth-order valence-electron chi connectivity index (χ4n) is 2.91. The van der Waals surface area contributed by atoms with E-state index in [0.717, 1.165) is 25.4 Å². The maximum Gasteiger partial charge on any atom is 0.230 e. The van der Waals surface area contributed by atoms with Crippen molar-refractivity contribution in [3.05, 3.63) is 47.2 Å². The summed E-state index contributed by atoms with van der Waals surface area (Å²) < 4.78 is 5.50. The Hall–Kier alpha value is -1.68. The van der Waals surface area contributed by atoms with Gasteiger partial charge in [0.2, 0.25) is 11.8 Å². The Balaban J connectivity index is 1.64. The minimum absolute atomic E-state index is 0.588. The van der Waals surface area contributed by atoms with Gasteiger partial charge in [0.25, 0.3) is 0 Å². The molecule has 1 aliphatic heterocycles. The summed E-state index contributed by atoms with van der Waals surface area (Å²) in [5.74, 6) is 1.38. The van der Waals surface area contributed by atoms with Gasteiger partial charge >= 0.3 is 0 Å². The molecule has 0 spiro atoms. The Labute approximate surface area is 119 Å². The van der Waals surface area contributed by atoms with Crippen molar-refractivity contribution in [3.8, 4) is 0 Å². The molecule has 3 rings (SSSR count). The van der Waals surface area contributed by atoms with Gasteiger partial charge < -0.3 is 4.42 Å². The first-order valence-corrected chi connectivity index (χ1v) is 7.29. The summed E-state index contributed by atoms with van der Waals surface area (Å²) in [4.78, 5) is 2.47. The summed E-state index contributed by atoms with van der Waals surface area (Å²) in [5.41, 5.74) is 2.73. The molecule has 0 unspecified atom stereocenters. The molecule has 0 radical (unpaired) electrons. The molecule has 1 aromatic heterocycles. The van der Waals surface area contributed by atoms with E-state index in [2.05, 4.69) is 46.3 Å². The van der Waals surface area contributed by atoms with Gasteiger partial charge in [-0.25, -0.2) is 0 Å². The fourth-order valence-corrected chi connectivity index (χ4v) is 2.91. The smallest absolute Gasteiger partial charge is 0.230 e. The molecule has 0 aliphatic carbocycles. The Morgan fingerprint density at radius 1 is 1.20 bits per heavy atom. The number of hydrogen-bond acceptors (Lipinski definition) is 4. The van der Waals surface area contributed by atoms with E-state index in [4.69, 9.17) is 4.42 Å². The molecule has 1 fully saturated rings. The first kappa shape index (κ1) is 13.3. The Morgan fingerprint density at radius 2 is 2.00 bits per heavy atom. The van der Waals surface area contributed by atoms with Gasteiger partial charge in [0.05, 0.1) is 6.54 Å². The van der Waals surface area contributed by atoms with Crippen molar-refractivity contribution in [3.63, 3.8) is 0 Å². The molecule has 4 heteroatoms. The number of likely N-dealkylation sites (tertiary alicyclic amines) is 1. The molecule has 4 nitrogen and oxygen atoms in total. The molecule has 1 aliphatic rings. The third kappa shape index (κ3) is 3.07. The second-order valence-electron chi connectivity index (χ2n) is 5.67. The number of hydrogen-bond donors (Lipinski definition) is 0. The van der Waals surface area contributed by atoms with Crippen LogP contribution in [0.15, 0.2) is 28.7 Å². The van der Waals surface area contributed by atoms with Crippen molar-refractivity contribution in [1.82, 2.24) is 15.1 Å². The number of nitrogens with zero attached hydrogens (tertiary/aromatic N) is 3. The van der Waals surface area contributed by atoms with Gasteiger partial charge in [-0.15, -0.1) is 10.2 Å². The quantitative estimate of drug-likeness (QED) is 0.857. The highest BCUT2D eigenvalue weighted by atomic mass is 16.4. The normalized spacial score (nSPS) is 19.6. The Kier molecular flexibility index (Phi) is 3.83. The molecular formula is C16H21N3O. The zero-order chi connectivity index (χ0) is 13.9.